The molecule has 0 heterocycles. The first kappa shape index (κ1) is 19.9. The van der Waals surface area contributed by atoms with Gasteiger partial charge in [0.25, 0.3) is 0 Å². The lowest BCUT2D eigenvalue weighted by molar-refractivity contribution is 0.185. The standard InChI is InChI=1S/C21H30N4O/c1-4-25(5-2)15-18-10-8-9-17(13-18)14-23-21(22)24-20-12-7-6-11-19(20)16-26-3/h6-13H,4-5,14-16H2,1-3H3,(H3,22,23,24). The van der Waals surface area contributed by atoms with Crippen LogP contribution < -0.4 is 11.1 Å². The van der Waals surface area contributed by atoms with Gasteiger partial charge in [0.1, 0.15) is 0 Å². The van der Waals surface area contributed by atoms with E-state index in [0.717, 1.165) is 36.4 Å². The summed E-state index contributed by atoms with van der Waals surface area (Å²) >= 11 is 0. The summed E-state index contributed by atoms with van der Waals surface area (Å²) in [5.41, 5.74) is 10.5. The molecule has 0 bridgehead atoms. The Morgan fingerprint density at radius 2 is 1.81 bits per heavy atom. The summed E-state index contributed by atoms with van der Waals surface area (Å²) in [5, 5.41) is 3.17. The number of aliphatic imine (C=N–C) groups is 1. The van der Waals surface area contributed by atoms with Crippen LogP contribution in [0.5, 0.6) is 0 Å². The average Bonchev–Trinajstić information content (AvgIpc) is 2.66. The fourth-order valence-corrected chi connectivity index (χ4v) is 2.81. The molecule has 140 valence electrons. The number of nitrogens with zero attached hydrogens (tertiary/aromatic N) is 2. The maximum Gasteiger partial charge on any atom is 0.193 e. The van der Waals surface area contributed by atoms with Gasteiger partial charge >= 0.3 is 0 Å². The Labute approximate surface area is 156 Å². The molecule has 0 atom stereocenters. The molecule has 0 aliphatic carbocycles. The number of ether oxygens (including phenoxy) is 1. The van der Waals surface area contributed by atoms with Gasteiger partial charge in [-0.1, -0.05) is 56.3 Å². The topological polar surface area (TPSA) is 62.9 Å². The van der Waals surface area contributed by atoms with Crippen LogP contribution in [0.1, 0.15) is 30.5 Å². The molecule has 2 aromatic rings. The predicted molar refractivity (Wildman–Crippen MR) is 109 cm³/mol. The monoisotopic (exact) mass is 354 g/mol. The molecule has 5 heteroatoms. The fourth-order valence-electron chi connectivity index (χ4n) is 2.81. The first-order valence-corrected chi connectivity index (χ1v) is 9.10. The molecule has 0 aliphatic heterocycles. The van der Waals surface area contributed by atoms with Crippen LogP contribution in [-0.4, -0.2) is 31.1 Å². The van der Waals surface area contributed by atoms with E-state index in [2.05, 4.69) is 53.3 Å². The van der Waals surface area contributed by atoms with Crippen molar-refractivity contribution in [1.29, 1.82) is 0 Å². The minimum Gasteiger partial charge on any atom is -0.380 e. The number of para-hydroxylation sites is 1. The molecule has 0 saturated heterocycles. The lowest BCUT2D eigenvalue weighted by Gasteiger charge is -2.18. The smallest absolute Gasteiger partial charge is 0.193 e. The van der Waals surface area contributed by atoms with Gasteiger partial charge in [0, 0.05) is 24.9 Å². The van der Waals surface area contributed by atoms with E-state index in [1.165, 1.54) is 5.56 Å². The molecule has 2 aromatic carbocycles. The largest absolute Gasteiger partial charge is 0.380 e. The highest BCUT2D eigenvalue weighted by Crippen LogP contribution is 2.15. The molecule has 26 heavy (non-hydrogen) atoms. The lowest BCUT2D eigenvalue weighted by atomic mass is 10.1. The lowest BCUT2D eigenvalue weighted by Crippen LogP contribution is -2.23. The van der Waals surface area contributed by atoms with Crippen molar-refractivity contribution in [3.05, 3.63) is 65.2 Å². The number of hydrogen-bond acceptors (Lipinski definition) is 3. The van der Waals surface area contributed by atoms with E-state index in [9.17, 15) is 0 Å². The van der Waals surface area contributed by atoms with Crippen molar-refractivity contribution in [2.75, 3.05) is 25.5 Å². The SMILES string of the molecule is CCN(CC)Cc1cccc(CN=C(N)Nc2ccccc2COC)c1. The van der Waals surface area contributed by atoms with Crippen LogP contribution in [0.4, 0.5) is 5.69 Å². The summed E-state index contributed by atoms with van der Waals surface area (Å²) in [5.74, 6) is 0.405. The van der Waals surface area contributed by atoms with Gasteiger partial charge in [0.2, 0.25) is 0 Å². The Morgan fingerprint density at radius 3 is 2.54 bits per heavy atom. The van der Waals surface area contributed by atoms with Crippen LogP contribution in [0.15, 0.2) is 53.5 Å². The maximum absolute atomic E-state index is 6.07. The van der Waals surface area contributed by atoms with E-state index in [1.807, 2.05) is 24.3 Å². The Hall–Kier alpha value is -2.37. The zero-order chi connectivity index (χ0) is 18.8. The molecule has 0 radical (unpaired) electrons. The number of benzene rings is 2. The molecule has 0 unspecified atom stereocenters. The Balaban J connectivity index is 2.00. The van der Waals surface area contributed by atoms with E-state index in [0.29, 0.717) is 19.1 Å². The number of nitrogens with one attached hydrogen (secondary N) is 1. The van der Waals surface area contributed by atoms with Gasteiger partial charge in [-0.25, -0.2) is 4.99 Å². The summed E-state index contributed by atoms with van der Waals surface area (Å²) < 4.78 is 5.22. The molecule has 0 aromatic heterocycles. The minimum absolute atomic E-state index is 0.405. The molecular weight excluding hydrogens is 324 g/mol. The normalized spacial score (nSPS) is 11.8. The zero-order valence-corrected chi connectivity index (χ0v) is 16.0. The quantitative estimate of drug-likeness (QED) is 0.533. The van der Waals surface area contributed by atoms with Crippen molar-refractivity contribution in [2.24, 2.45) is 10.7 Å². The van der Waals surface area contributed by atoms with E-state index < -0.39 is 0 Å². The van der Waals surface area contributed by atoms with Crippen LogP contribution >= 0.6 is 0 Å². The summed E-state index contributed by atoms with van der Waals surface area (Å²) in [6, 6.07) is 16.5. The number of hydrogen-bond donors (Lipinski definition) is 2. The summed E-state index contributed by atoms with van der Waals surface area (Å²) in [6.45, 7) is 8.52. The summed E-state index contributed by atoms with van der Waals surface area (Å²) in [7, 11) is 1.68. The van der Waals surface area contributed by atoms with Gasteiger partial charge in [0.15, 0.2) is 5.96 Å². The first-order valence-electron chi connectivity index (χ1n) is 9.10. The fraction of sp³-hybridized carbons (Fsp3) is 0.381. The van der Waals surface area contributed by atoms with Gasteiger partial charge in [0.05, 0.1) is 13.2 Å². The van der Waals surface area contributed by atoms with Crippen LogP contribution in [0, 0.1) is 0 Å². The summed E-state index contributed by atoms with van der Waals surface area (Å²) in [6.07, 6.45) is 0. The van der Waals surface area contributed by atoms with Gasteiger partial charge in [-0.3, -0.25) is 4.90 Å². The zero-order valence-electron chi connectivity index (χ0n) is 16.0. The first-order chi connectivity index (χ1) is 12.7. The molecule has 5 nitrogen and oxygen atoms in total. The molecule has 0 saturated carbocycles. The van der Waals surface area contributed by atoms with Crippen LogP contribution in [0.3, 0.4) is 0 Å². The van der Waals surface area contributed by atoms with Gasteiger partial charge in [-0.2, -0.15) is 0 Å². The molecule has 3 N–H and O–H groups in total. The van der Waals surface area contributed by atoms with Gasteiger partial charge in [-0.15, -0.1) is 0 Å². The minimum atomic E-state index is 0.405. The van der Waals surface area contributed by atoms with Crippen molar-refractivity contribution >= 4 is 11.6 Å². The number of nitrogens with two attached hydrogens (primary N) is 1. The third-order valence-electron chi connectivity index (χ3n) is 4.30. The van der Waals surface area contributed by atoms with Crippen LogP contribution in [-0.2, 0) is 24.4 Å². The van der Waals surface area contributed by atoms with E-state index >= 15 is 0 Å². The Bertz CT molecular complexity index is 711. The number of guanidine groups is 1. The van der Waals surface area contributed by atoms with E-state index in [4.69, 9.17) is 10.5 Å². The molecule has 0 spiro atoms. The van der Waals surface area contributed by atoms with E-state index in [-0.39, 0.29) is 0 Å². The highest BCUT2D eigenvalue weighted by molar-refractivity contribution is 5.92. The van der Waals surface area contributed by atoms with Crippen LogP contribution in [0.2, 0.25) is 0 Å². The maximum atomic E-state index is 6.07. The second-order valence-corrected chi connectivity index (χ2v) is 6.20. The molecular formula is C21H30N4O. The Morgan fingerprint density at radius 1 is 1.08 bits per heavy atom. The summed E-state index contributed by atoms with van der Waals surface area (Å²) in [4.78, 5) is 6.87. The molecule has 0 fully saturated rings. The highest BCUT2D eigenvalue weighted by atomic mass is 16.5. The predicted octanol–water partition coefficient (Wildman–Crippen LogP) is 3.60. The van der Waals surface area contributed by atoms with Crippen molar-refractivity contribution < 1.29 is 4.74 Å². The molecule has 0 amide bonds. The van der Waals surface area contributed by atoms with Crippen LogP contribution in [0.25, 0.3) is 0 Å². The van der Waals surface area contributed by atoms with Crippen molar-refractivity contribution in [3.63, 3.8) is 0 Å². The van der Waals surface area contributed by atoms with Gasteiger partial charge < -0.3 is 15.8 Å². The number of rotatable bonds is 9. The van der Waals surface area contributed by atoms with E-state index in [1.54, 1.807) is 7.11 Å². The van der Waals surface area contributed by atoms with Crippen molar-refractivity contribution in [2.45, 2.75) is 33.5 Å². The highest BCUT2D eigenvalue weighted by Gasteiger charge is 2.04. The van der Waals surface area contributed by atoms with Gasteiger partial charge in [-0.05, 0) is 30.3 Å². The number of anilines is 1. The average molecular weight is 354 g/mol. The second kappa shape index (κ2) is 10.6. The molecule has 2 rings (SSSR count). The third kappa shape index (κ3) is 6.17. The number of methoxy groups -OCH3 is 1. The van der Waals surface area contributed by atoms with Crippen molar-refractivity contribution in [3.8, 4) is 0 Å². The second-order valence-electron chi connectivity index (χ2n) is 6.20. The van der Waals surface area contributed by atoms with Crippen molar-refractivity contribution in [1.82, 2.24) is 4.90 Å². The third-order valence-corrected chi connectivity index (χ3v) is 4.30. The Kier molecular flexibility index (Phi) is 8.12. The molecule has 0 aliphatic rings.